The molecule has 174 valence electrons. The number of alkyl halides is 3. The summed E-state index contributed by atoms with van der Waals surface area (Å²) in [6, 6.07) is 12.5. The van der Waals surface area contributed by atoms with Crippen LogP contribution in [-0.2, 0) is 11.2 Å². The first kappa shape index (κ1) is 23.6. The molecule has 0 aromatic heterocycles. The summed E-state index contributed by atoms with van der Waals surface area (Å²) in [7, 11) is 3.00. The van der Waals surface area contributed by atoms with Gasteiger partial charge in [0.1, 0.15) is 5.75 Å². The maximum Gasteiger partial charge on any atom is 0.422 e. The Morgan fingerprint density at radius 1 is 0.969 bits per heavy atom. The molecule has 0 unspecified atom stereocenters. The molecule has 32 heavy (non-hydrogen) atoms. The highest BCUT2D eigenvalue weighted by Gasteiger charge is 2.29. The lowest BCUT2D eigenvalue weighted by molar-refractivity contribution is -0.153. The van der Waals surface area contributed by atoms with Crippen LogP contribution in [0.5, 0.6) is 17.2 Å². The summed E-state index contributed by atoms with van der Waals surface area (Å²) >= 11 is 0. The number of nitrogens with zero attached hydrogens (tertiary/aromatic N) is 2. The Hall–Kier alpha value is -3.10. The number of carbonyl (C=O) groups excluding carboxylic acids is 1. The van der Waals surface area contributed by atoms with Gasteiger partial charge in [-0.1, -0.05) is 12.1 Å². The van der Waals surface area contributed by atoms with Crippen molar-refractivity contribution in [1.82, 2.24) is 4.90 Å². The number of aryl methyl sites for hydroxylation is 1. The van der Waals surface area contributed by atoms with Crippen molar-refractivity contribution in [3.63, 3.8) is 0 Å². The second-order valence-corrected chi connectivity index (χ2v) is 7.46. The second kappa shape index (κ2) is 10.5. The van der Waals surface area contributed by atoms with Crippen LogP contribution in [-0.4, -0.2) is 64.0 Å². The van der Waals surface area contributed by atoms with Gasteiger partial charge < -0.3 is 24.0 Å². The second-order valence-electron chi connectivity index (χ2n) is 7.46. The minimum atomic E-state index is -4.42. The molecule has 0 atom stereocenters. The van der Waals surface area contributed by atoms with Gasteiger partial charge in [-0.15, -0.1) is 0 Å². The molecule has 0 N–H and O–H groups in total. The average Bonchev–Trinajstić information content (AvgIpc) is 2.81. The summed E-state index contributed by atoms with van der Waals surface area (Å²) in [5.74, 6) is 1.08. The lowest BCUT2D eigenvalue weighted by Crippen LogP contribution is -2.48. The van der Waals surface area contributed by atoms with E-state index in [9.17, 15) is 18.0 Å². The van der Waals surface area contributed by atoms with Crippen molar-refractivity contribution in [2.24, 2.45) is 0 Å². The maximum absolute atomic E-state index is 12.7. The first-order valence-corrected chi connectivity index (χ1v) is 10.3. The van der Waals surface area contributed by atoms with Crippen LogP contribution < -0.4 is 19.1 Å². The van der Waals surface area contributed by atoms with Crippen LogP contribution in [0.3, 0.4) is 0 Å². The zero-order valence-corrected chi connectivity index (χ0v) is 18.2. The molecule has 1 aliphatic rings. The van der Waals surface area contributed by atoms with Crippen molar-refractivity contribution < 1.29 is 32.2 Å². The normalized spacial score (nSPS) is 14.3. The van der Waals surface area contributed by atoms with Gasteiger partial charge >= 0.3 is 6.18 Å². The van der Waals surface area contributed by atoms with Crippen molar-refractivity contribution in [2.45, 2.75) is 19.0 Å². The number of ether oxygens (including phenoxy) is 3. The number of anilines is 1. The molecule has 1 fully saturated rings. The number of rotatable bonds is 8. The SMILES string of the molecule is COc1cccc(N2CCN(C(=O)CCc3ccc(OCC(F)(F)F)c(OC)c3)CC2)c1. The van der Waals surface area contributed by atoms with Crippen molar-refractivity contribution in [3.8, 4) is 17.2 Å². The fraction of sp³-hybridized carbons (Fsp3) is 0.435. The predicted molar refractivity (Wildman–Crippen MR) is 115 cm³/mol. The molecule has 1 aliphatic heterocycles. The summed E-state index contributed by atoms with van der Waals surface area (Å²) in [4.78, 5) is 16.7. The number of hydrogen-bond acceptors (Lipinski definition) is 5. The van der Waals surface area contributed by atoms with E-state index in [0.29, 0.717) is 25.9 Å². The third-order valence-electron chi connectivity index (χ3n) is 5.30. The highest BCUT2D eigenvalue weighted by molar-refractivity contribution is 5.77. The molecule has 0 saturated carbocycles. The van der Waals surface area contributed by atoms with E-state index in [4.69, 9.17) is 14.2 Å². The zero-order chi connectivity index (χ0) is 23.1. The van der Waals surface area contributed by atoms with Gasteiger partial charge in [-0.25, -0.2) is 0 Å². The van der Waals surface area contributed by atoms with Gasteiger partial charge in [0, 0.05) is 44.4 Å². The Morgan fingerprint density at radius 3 is 2.38 bits per heavy atom. The van der Waals surface area contributed by atoms with E-state index >= 15 is 0 Å². The van der Waals surface area contributed by atoms with Gasteiger partial charge in [-0.05, 0) is 36.2 Å². The summed E-state index contributed by atoms with van der Waals surface area (Å²) in [5.41, 5.74) is 1.86. The quantitative estimate of drug-likeness (QED) is 0.608. The van der Waals surface area contributed by atoms with Gasteiger partial charge in [0.2, 0.25) is 5.91 Å². The van der Waals surface area contributed by atoms with E-state index in [1.807, 2.05) is 29.2 Å². The number of piperazine rings is 1. The van der Waals surface area contributed by atoms with E-state index in [1.54, 1.807) is 19.2 Å². The number of halogens is 3. The summed E-state index contributed by atoms with van der Waals surface area (Å²) < 4.78 is 52.4. The molecule has 1 amide bonds. The summed E-state index contributed by atoms with van der Waals surface area (Å²) in [6.45, 7) is 1.34. The number of amides is 1. The molecule has 0 spiro atoms. The minimum absolute atomic E-state index is 0.0218. The number of methoxy groups -OCH3 is 2. The van der Waals surface area contributed by atoms with Gasteiger partial charge in [-0.3, -0.25) is 4.79 Å². The highest BCUT2D eigenvalue weighted by Crippen LogP contribution is 2.30. The van der Waals surface area contributed by atoms with Crippen LogP contribution in [0.4, 0.5) is 18.9 Å². The molecule has 9 heteroatoms. The lowest BCUT2D eigenvalue weighted by atomic mass is 10.1. The van der Waals surface area contributed by atoms with E-state index in [1.165, 1.54) is 13.2 Å². The maximum atomic E-state index is 12.7. The van der Waals surface area contributed by atoms with Crippen molar-refractivity contribution >= 4 is 11.6 Å². The van der Waals surface area contributed by atoms with Gasteiger partial charge in [0.25, 0.3) is 0 Å². The molecule has 0 radical (unpaired) electrons. The molecule has 1 heterocycles. The van der Waals surface area contributed by atoms with Crippen LogP contribution in [0.2, 0.25) is 0 Å². The Kier molecular flexibility index (Phi) is 7.71. The highest BCUT2D eigenvalue weighted by atomic mass is 19.4. The first-order chi connectivity index (χ1) is 15.3. The smallest absolute Gasteiger partial charge is 0.422 e. The van der Waals surface area contributed by atoms with Crippen LogP contribution in [0.15, 0.2) is 42.5 Å². The van der Waals surface area contributed by atoms with Crippen LogP contribution >= 0.6 is 0 Å². The van der Waals surface area contributed by atoms with Crippen molar-refractivity contribution in [2.75, 3.05) is 51.9 Å². The van der Waals surface area contributed by atoms with Crippen LogP contribution in [0.1, 0.15) is 12.0 Å². The van der Waals surface area contributed by atoms with Gasteiger partial charge in [0.15, 0.2) is 18.1 Å². The lowest BCUT2D eigenvalue weighted by Gasteiger charge is -2.36. The summed E-state index contributed by atoms with van der Waals surface area (Å²) in [6.07, 6.45) is -3.65. The Bertz CT molecular complexity index is 912. The fourth-order valence-corrected chi connectivity index (χ4v) is 3.58. The molecular formula is C23H27F3N2O4. The zero-order valence-electron chi connectivity index (χ0n) is 18.2. The summed E-state index contributed by atoms with van der Waals surface area (Å²) in [5, 5.41) is 0. The van der Waals surface area contributed by atoms with Crippen LogP contribution in [0, 0.1) is 0 Å². The fourth-order valence-electron chi connectivity index (χ4n) is 3.58. The molecule has 6 nitrogen and oxygen atoms in total. The van der Waals surface area contributed by atoms with Gasteiger partial charge in [0.05, 0.1) is 14.2 Å². The van der Waals surface area contributed by atoms with Crippen molar-refractivity contribution in [3.05, 3.63) is 48.0 Å². The third-order valence-corrected chi connectivity index (χ3v) is 5.30. The van der Waals surface area contributed by atoms with E-state index in [0.717, 1.165) is 30.1 Å². The number of carbonyl (C=O) groups is 1. The number of hydrogen-bond donors (Lipinski definition) is 0. The number of benzene rings is 2. The standard InChI is InChI=1S/C23H27F3N2O4/c1-30-19-5-3-4-18(15-19)27-10-12-28(13-11-27)22(29)9-7-17-6-8-20(21(14-17)31-2)32-16-23(24,25)26/h3-6,8,14-15H,7,9-13,16H2,1-2H3. The Balaban J connectivity index is 1.50. The molecule has 3 rings (SSSR count). The van der Waals surface area contributed by atoms with Crippen LogP contribution in [0.25, 0.3) is 0 Å². The van der Waals surface area contributed by atoms with E-state index in [-0.39, 0.29) is 17.4 Å². The molecule has 2 aromatic carbocycles. The molecular weight excluding hydrogens is 425 g/mol. The predicted octanol–water partition coefficient (Wildman–Crippen LogP) is 3.93. The molecule has 0 bridgehead atoms. The average molecular weight is 452 g/mol. The molecule has 0 aliphatic carbocycles. The van der Waals surface area contributed by atoms with Crippen molar-refractivity contribution in [1.29, 1.82) is 0 Å². The monoisotopic (exact) mass is 452 g/mol. The van der Waals surface area contributed by atoms with Gasteiger partial charge in [-0.2, -0.15) is 13.2 Å². The minimum Gasteiger partial charge on any atom is -0.497 e. The Labute approximate surface area is 185 Å². The topological polar surface area (TPSA) is 51.2 Å². The third kappa shape index (κ3) is 6.45. The molecule has 2 aromatic rings. The first-order valence-electron chi connectivity index (χ1n) is 10.3. The molecule has 1 saturated heterocycles. The Morgan fingerprint density at radius 2 is 1.72 bits per heavy atom. The largest absolute Gasteiger partial charge is 0.497 e. The van der Waals surface area contributed by atoms with E-state index in [2.05, 4.69) is 4.90 Å². The van der Waals surface area contributed by atoms with E-state index < -0.39 is 12.8 Å².